The van der Waals surface area contributed by atoms with Crippen molar-refractivity contribution in [1.82, 2.24) is 14.5 Å². The fourth-order valence-corrected chi connectivity index (χ4v) is 2.51. The van der Waals surface area contributed by atoms with Gasteiger partial charge in [0.2, 0.25) is 5.91 Å². The lowest BCUT2D eigenvalue weighted by molar-refractivity contribution is -0.116. The van der Waals surface area contributed by atoms with Crippen molar-refractivity contribution in [2.24, 2.45) is 0 Å². The molecular weight excluding hydrogens is 354 g/mol. The van der Waals surface area contributed by atoms with Crippen LogP contribution in [0.5, 0.6) is 0 Å². The number of rotatable bonds is 5. The summed E-state index contributed by atoms with van der Waals surface area (Å²) in [5, 5.41) is 2.53. The summed E-state index contributed by atoms with van der Waals surface area (Å²) in [5.41, 5.74) is 1.09. The molecule has 0 aliphatic rings. The molecule has 0 aliphatic carbocycles. The topological polar surface area (TPSA) is 67.2 Å². The number of nitrogens with one attached hydrogen (secondary N) is 1. The summed E-state index contributed by atoms with van der Waals surface area (Å²) in [7, 11) is 1.47. The molecule has 0 fully saturated rings. The molecule has 8 heteroatoms. The highest BCUT2D eigenvalue weighted by Gasteiger charge is 2.19. The molecule has 2 amide bonds. The minimum absolute atomic E-state index is 0.225. The number of benzene rings is 2. The van der Waals surface area contributed by atoms with E-state index in [1.54, 1.807) is 6.07 Å². The van der Waals surface area contributed by atoms with Gasteiger partial charge in [-0.3, -0.25) is 14.2 Å². The summed E-state index contributed by atoms with van der Waals surface area (Å²) in [6.45, 7) is -0.232. The van der Waals surface area contributed by atoms with Gasteiger partial charge in [-0.2, -0.15) is 0 Å². The molecule has 1 N–H and O–H groups in total. The van der Waals surface area contributed by atoms with E-state index < -0.39 is 23.4 Å². The highest BCUT2D eigenvalue weighted by Crippen LogP contribution is 2.14. The van der Waals surface area contributed by atoms with Crippen LogP contribution in [0.3, 0.4) is 0 Å². The maximum Gasteiger partial charge on any atom is 0.272 e. The molecule has 1 aromatic heterocycles. The normalized spacial score (nSPS) is 10.5. The van der Waals surface area contributed by atoms with E-state index in [1.165, 1.54) is 71.5 Å². The maximum atomic E-state index is 13.2. The molecule has 3 rings (SSSR count). The average Bonchev–Trinajstić information content (AvgIpc) is 3.11. The van der Waals surface area contributed by atoms with Crippen LogP contribution in [-0.2, 0) is 4.79 Å². The highest BCUT2D eigenvalue weighted by atomic mass is 19.1. The zero-order valence-electron chi connectivity index (χ0n) is 14.4. The zero-order valence-corrected chi connectivity index (χ0v) is 14.4. The molecule has 0 saturated carbocycles. The lowest BCUT2D eigenvalue weighted by atomic mass is 10.3. The quantitative estimate of drug-likeness (QED) is 0.751. The van der Waals surface area contributed by atoms with Gasteiger partial charge in [-0.1, -0.05) is 6.07 Å². The average molecular weight is 370 g/mol. The Balaban J connectivity index is 1.70. The summed E-state index contributed by atoms with van der Waals surface area (Å²) in [5.74, 6) is -1.77. The number of carbonyl (C=O) groups is 2. The SMILES string of the molecule is CN(CC(=O)Nc1cccc(F)c1)C(=O)c1cncn1-c1ccc(F)cc1. The van der Waals surface area contributed by atoms with Crippen LogP contribution in [0.15, 0.2) is 61.1 Å². The van der Waals surface area contributed by atoms with E-state index in [9.17, 15) is 18.4 Å². The Kier molecular flexibility index (Phi) is 5.25. The molecule has 0 bridgehead atoms. The second-order valence-electron chi connectivity index (χ2n) is 5.85. The Labute approximate surface area is 154 Å². The summed E-state index contributed by atoms with van der Waals surface area (Å²) in [6.07, 6.45) is 2.80. The molecule has 3 aromatic rings. The molecule has 0 radical (unpaired) electrons. The second kappa shape index (κ2) is 7.77. The Hall–Kier alpha value is -3.55. The Morgan fingerprint density at radius 3 is 2.56 bits per heavy atom. The fraction of sp³-hybridized carbons (Fsp3) is 0.105. The number of hydrogen-bond acceptors (Lipinski definition) is 3. The molecular formula is C19H16F2N4O2. The van der Waals surface area contributed by atoms with Crippen LogP contribution in [0.25, 0.3) is 5.69 Å². The van der Waals surface area contributed by atoms with E-state index in [-0.39, 0.29) is 12.2 Å². The zero-order chi connectivity index (χ0) is 19.4. The Morgan fingerprint density at radius 2 is 1.85 bits per heavy atom. The van der Waals surface area contributed by atoms with Crippen LogP contribution in [0.1, 0.15) is 10.5 Å². The van der Waals surface area contributed by atoms with E-state index in [4.69, 9.17) is 0 Å². The van der Waals surface area contributed by atoms with Gasteiger partial charge in [0.1, 0.15) is 17.3 Å². The van der Waals surface area contributed by atoms with Crippen LogP contribution in [0, 0.1) is 11.6 Å². The van der Waals surface area contributed by atoms with E-state index >= 15 is 0 Å². The molecule has 1 heterocycles. The third-order valence-corrected chi connectivity index (χ3v) is 3.80. The van der Waals surface area contributed by atoms with Crippen molar-refractivity contribution in [3.05, 3.63) is 78.4 Å². The summed E-state index contributed by atoms with van der Waals surface area (Å²) in [4.78, 5) is 29.9. The number of halogens is 2. The molecule has 0 spiro atoms. The summed E-state index contributed by atoms with van der Waals surface area (Å²) in [6, 6.07) is 11.1. The first-order chi connectivity index (χ1) is 12.9. The van der Waals surface area contributed by atoms with Crippen molar-refractivity contribution in [3.63, 3.8) is 0 Å². The Morgan fingerprint density at radius 1 is 1.11 bits per heavy atom. The smallest absolute Gasteiger partial charge is 0.272 e. The van der Waals surface area contributed by atoms with Crippen LogP contribution >= 0.6 is 0 Å². The molecule has 0 atom stereocenters. The molecule has 0 saturated heterocycles. The first-order valence-electron chi connectivity index (χ1n) is 8.03. The van der Waals surface area contributed by atoms with Gasteiger partial charge in [-0.05, 0) is 42.5 Å². The maximum absolute atomic E-state index is 13.2. The van der Waals surface area contributed by atoms with Gasteiger partial charge < -0.3 is 10.2 Å². The van der Waals surface area contributed by atoms with E-state index in [2.05, 4.69) is 10.3 Å². The van der Waals surface area contributed by atoms with E-state index in [0.29, 0.717) is 11.4 Å². The number of amides is 2. The predicted molar refractivity (Wildman–Crippen MR) is 95.5 cm³/mol. The third kappa shape index (κ3) is 4.35. The van der Waals surface area contributed by atoms with Crippen LogP contribution in [0.2, 0.25) is 0 Å². The van der Waals surface area contributed by atoms with Gasteiger partial charge in [0.05, 0.1) is 19.1 Å². The second-order valence-corrected chi connectivity index (χ2v) is 5.85. The van der Waals surface area contributed by atoms with Crippen LogP contribution < -0.4 is 5.32 Å². The number of imidazole rings is 1. The van der Waals surface area contributed by atoms with Crippen molar-refractivity contribution in [1.29, 1.82) is 0 Å². The first kappa shape index (κ1) is 18.2. The van der Waals surface area contributed by atoms with Crippen molar-refractivity contribution in [3.8, 4) is 5.69 Å². The monoisotopic (exact) mass is 370 g/mol. The molecule has 0 aliphatic heterocycles. The predicted octanol–water partition coefficient (Wildman–Crippen LogP) is 2.86. The van der Waals surface area contributed by atoms with E-state index in [0.717, 1.165) is 0 Å². The molecule has 27 heavy (non-hydrogen) atoms. The number of aromatic nitrogens is 2. The largest absolute Gasteiger partial charge is 0.331 e. The van der Waals surface area contributed by atoms with Crippen molar-refractivity contribution >= 4 is 17.5 Å². The third-order valence-electron chi connectivity index (χ3n) is 3.80. The highest BCUT2D eigenvalue weighted by molar-refractivity contribution is 5.98. The summed E-state index contributed by atoms with van der Waals surface area (Å²) >= 11 is 0. The van der Waals surface area contributed by atoms with Crippen molar-refractivity contribution in [2.75, 3.05) is 18.9 Å². The molecule has 0 unspecified atom stereocenters. The number of carbonyl (C=O) groups excluding carboxylic acids is 2. The van der Waals surface area contributed by atoms with Gasteiger partial charge in [-0.25, -0.2) is 13.8 Å². The van der Waals surface area contributed by atoms with Gasteiger partial charge in [0.15, 0.2) is 0 Å². The lowest BCUT2D eigenvalue weighted by Gasteiger charge is -2.17. The minimum atomic E-state index is -0.472. The van der Waals surface area contributed by atoms with Crippen molar-refractivity contribution in [2.45, 2.75) is 0 Å². The number of anilines is 1. The molecule has 2 aromatic carbocycles. The van der Waals surface area contributed by atoms with Crippen LogP contribution in [-0.4, -0.2) is 39.9 Å². The van der Waals surface area contributed by atoms with Crippen LogP contribution in [0.4, 0.5) is 14.5 Å². The van der Waals surface area contributed by atoms with Gasteiger partial charge >= 0.3 is 0 Å². The number of likely N-dealkylation sites (N-methyl/N-ethyl adjacent to an activating group) is 1. The standard InChI is InChI=1S/C19H16F2N4O2/c1-24(11-18(26)23-15-4-2-3-14(21)9-15)19(27)17-10-22-12-25(17)16-7-5-13(20)6-8-16/h2-10,12H,11H2,1H3,(H,23,26). The molecule has 138 valence electrons. The number of nitrogens with zero attached hydrogens (tertiary/aromatic N) is 3. The lowest BCUT2D eigenvalue weighted by Crippen LogP contribution is -2.35. The first-order valence-corrected chi connectivity index (χ1v) is 8.03. The summed E-state index contributed by atoms with van der Waals surface area (Å²) < 4.78 is 27.8. The van der Waals surface area contributed by atoms with Gasteiger partial charge in [-0.15, -0.1) is 0 Å². The molecule has 6 nitrogen and oxygen atoms in total. The minimum Gasteiger partial charge on any atom is -0.331 e. The van der Waals surface area contributed by atoms with Crippen molar-refractivity contribution < 1.29 is 18.4 Å². The van der Waals surface area contributed by atoms with Gasteiger partial charge in [0.25, 0.3) is 5.91 Å². The number of hydrogen-bond donors (Lipinski definition) is 1. The van der Waals surface area contributed by atoms with Gasteiger partial charge in [0, 0.05) is 18.4 Å². The fourth-order valence-electron chi connectivity index (χ4n) is 2.51. The van der Waals surface area contributed by atoms with E-state index in [1.807, 2.05) is 0 Å². The Bertz CT molecular complexity index is 970.